The fraction of sp³-hybridized carbons (Fsp3) is 0.478. The van der Waals surface area contributed by atoms with E-state index in [0.717, 1.165) is 36.6 Å². The first kappa shape index (κ1) is 20.1. The quantitative estimate of drug-likeness (QED) is 0.774. The van der Waals surface area contributed by atoms with Crippen LogP contribution in [-0.2, 0) is 4.79 Å². The molecule has 0 radical (unpaired) electrons. The maximum Gasteiger partial charge on any atom is 0.254 e. The molecule has 2 aliphatic rings. The van der Waals surface area contributed by atoms with Crippen LogP contribution in [0.5, 0.6) is 0 Å². The molecule has 0 saturated carbocycles. The largest absolute Gasteiger partial charge is 0.340 e. The lowest BCUT2D eigenvalue weighted by molar-refractivity contribution is -0.136. The predicted octanol–water partition coefficient (Wildman–Crippen LogP) is 3.46. The molecule has 1 fully saturated rings. The molecule has 3 heterocycles. The van der Waals surface area contributed by atoms with Gasteiger partial charge in [0.25, 0.3) is 5.91 Å². The Balaban J connectivity index is 1.81. The van der Waals surface area contributed by atoms with Crippen LogP contribution in [0.4, 0.5) is 0 Å². The van der Waals surface area contributed by atoms with Crippen LogP contribution in [0.2, 0.25) is 0 Å². The SMILES string of the molecule is CC(C)CN1C(=O)c2ccccc2[C@H](C(=O)N2CCN(C)CC2)[C@@H]1c1cccs1. The van der Waals surface area contributed by atoms with Gasteiger partial charge in [-0.15, -0.1) is 11.3 Å². The number of benzene rings is 1. The molecule has 2 aromatic rings. The number of fused-ring (bicyclic) bond motifs is 1. The lowest BCUT2D eigenvalue weighted by Gasteiger charge is -2.44. The number of amides is 2. The number of rotatable bonds is 4. The molecule has 6 heteroatoms. The summed E-state index contributed by atoms with van der Waals surface area (Å²) in [6.07, 6.45) is 0. The van der Waals surface area contributed by atoms with Gasteiger partial charge in [0.05, 0.1) is 12.0 Å². The Hall–Kier alpha value is -2.18. The molecule has 0 aliphatic carbocycles. The van der Waals surface area contributed by atoms with Gasteiger partial charge in [0.1, 0.15) is 0 Å². The normalized spacial score (nSPS) is 22.8. The van der Waals surface area contributed by atoms with Crippen LogP contribution in [0.15, 0.2) is 41.8 Å². The van der Waals surface area contributed by atoms with Crippen molar-refractivity contribution < 1.29 is 9.59 Å². The summed E-state index contributed by atoms with van der Waals surface area (Å²) < 4.78 is 0. The summed E-state index contributed by atoms with van der Waals surface area (Å²) >= 11 is 1.63. The average Bonchev–Trinajstić information content (AvgIpc) is 3.24. The fourth-order valence-corrected chi connectivity index (χ4v) is 5.33. The lowest BCUT2D eigenvalue weighted by atomic mass is 9.80. The Morgan fingerprint density at radius 3 is 2.48 bits per heavy atom. The predicted molar refractivity (Wildman–Crippen MR) is 116 cm³/mol. The topological polar surface area (TPSA) is 43.9 Å². The van der Waals surface area contributed by atoms with Crippen LogP contribution in [-0.4, -0.2) is 66.3 Å². The number of hydrogen-bond acceptors (Lipinski definition) is 4. The first-order valence-electron chi connectivity index (χ1n) is 10.4. The Labute approximate surface area is 176 Å². The first-order chi connectivity index (χ1) is 14.0. The Bertz CT molecular complexity index is 872. The Morgan fingerprint density at radius 2 is 1.83 bits per heavy atom. The van der Waals surface area contributed by atoms with Gasteiger partial charge in [-0.3, -0.25) is 9.59 Å². The van der Waals surface area contributed by atoms with E-state index in [1.165, 1.54) is 0 Å². The molecular formula is C23H29N3O2S. The van der Waals surface area contributed by atoms with E-state index in [1.807, 2.05) is 45.5 Å². The highest BCUT2D eigenvalue weighted by Gasteiger charge is 2.46. The van der Waals surface area contributed by atoms with Crippen molar-refractivity contribution in [2.45, 2.75) is 25.8 Å². The summed E-state index contributed by atoms with van der Waals surface area (Å²) in [5.41, 5.74) is 1.55. The van der Waals surface area contributed by atoms with Crippen LogP contribution in [0.25, 0.3) is 0 Å². The minimum atomic E-state index is -0.357. The van der Waals surface area contributed by atoms with Gasteiger partial charge in [-0.2, -0.15) is 0 Å². The standard InChI is InChI=1S/C23H29N3O2S/c1-16(2)15-26-21(19-9-6-14-29-19)20(17-7-4-5-8-18(17)22(26)27)23(28)25-12-10-24(3)11-13-25/h4-9,14,16,20-21H,10-13,15H2,1-3H3/t20-,21-/m0/s1. The first-order valence-corrected chi connectivity index (χ1v) is 11.3. The number of piperazine rings is 1. The Morgan fingerprint density at radius 1 is 1.10 bits per heavy atom. The van der Waals surface area contributed by atoms with Crippen molar-refractivity contribution in [3.05, 3.63) is 57.8 Å². The lowest BCUT2D eigenvalue weighted by Crippen LogP contribution is -2.53. The van der Waals surface area contributed by atoms with Crippen LogP contribution in [0, 0.1) is 5.92 Å². The van der Waals surface area contributed by atoms with Gasteiger partial charge in [0, 0.05) is 43.2 Å². The summed E-state index contributed by atoms with van der Waals surface area (Å²) in [6, 6.07) is 11.5. The molecule has 0 bridgehead atoms. The molecule has 2 amide bonds. The number of thiophene rings is 1. The summed E-state index contributed by atoms with van der Waals surface area (Å²) in [7, 11) is 2.09. The Kier molecular flexibility index (Phi) is 5.74. The minimum Gasteiger partial charge on any atom is -0.340 e. The molecule has 2 atom stereocenters. The number of hydrogen-bond donors (Lipinski definition) is 0. The van der Waals surface area contributed by atoms with E-state index in [9.17, 15) is 9.59 Å². The second-order valence-electron chi connectivity index (χ2n) is 8.51. The third kappa shape index (κ3) is 3.83. The zero-order valence-electron chi connectivity index (χ0n) is 17.4. The van der Waals surface area contributed by atoms with Gasteiger partial charge in [0.15, 0.2) is 0 Å². The molecule has 154 valence electrons. The maximum absolute atomic E-state index is 13.8. The van der Waals surface area contributed by atoms with Gasteiger partial charge >= 0.3 is 0 Å². The van der Waals surface area contributed by atoms with Crippen molar-refractivity contribution in [2.75, 3.05) is 39.8 Å². The van der Waals surface area contributed by atoms with Crippen molar-refractivity contribution in [3.63, 3.8) is 0 Å². The number of carbonyl (C=O) groups is 2. The third-order valence-electron chi connectivity index (χ3n) is 5.92. The molecular weight excluding hydrogens is 382 g/mol. The summed E-state index contributed by atoms with van der Waals surface area (Å²) in [5.74, 6) is 0.149. The zero-order chi connectivity index (χ0) is 20.5. The van der Waals surface area contributed by atoms with Crippen molar-refractivity contribution >= 4 is 23.2 Å². The number of nitrogens with zero attached hydrogens (tertiary/aromatic N) is 3. The van der Waals surface area contributed by atoms with E-state index in [2.05, 4.69) is 31.9 Å². The molecule has 2 aliphatic heterocycles. The molecule has 1 aromatic heterocycles. The monoisotopic (exact) mass is 411 g/mol. The zero-order valence-corrected chi connectivity index (χ0v) is 18.2. The summed E-state index contributed by atoms with van der Waals surface area (Å²) in [6.45, 7) is 8.14. The van der Waals surface area contributed by atoms with E-state index in [4.69, 9.17) is 0 Å². The molecule has 5 nitrogen and oxygen atoms in total. The van der Waals surface area contributed by atoms with Crippen molar-refractivity contribution in [1.82, 2.24) is 14.7 Å². The maximum atomic E-state index is 13.8. The van der Waals surface area contributed by atoms with E-state index >= 15 is 0 Å². The second-order valence-corrected chi connectivity index (χ2v) is 9.48. The molecule has 4 rings (SSSR count). The van der Waals surface area contributed by atoms with Crippen molar-refractivity contribution in [2.24, 2.45) is 5.92 Å². The third-order valence-corrected chi connectivity index (χ3v) is 6.86. The van der Waals surface area contributed by atoms with Gasteiger partial charge in [0.2, 0.25) is 5.91 Å². The van der Waals surface area contributed by atoms with E-state index < -0.39 is 0 Å². The summed E-state index contributed by atoms with van der Waals surface area (Å²) in [5, 5.41) is 2.03. The molecule has 1 saturated heterocycles. The molecule has 0 N–H and O–H groups in total. The van der Waals surface area contributed by atoms with E-state index in [1.54, 1.807) is 11.3 Å². The molecule has 29 heavy (non-hydrogen) atoms. The highest BCUT2D eigenvalue weighted by atomic mass is 32.1. The highest BCUT2D eigenvalue weighted by molar-refractivity contribution is 7.10. The van der Waals surface area contributed by atoms with Crippen molar-refractivity contribution in [1.29, 1.82) is 0 Å². The highest BCUT2D eigenvalue weighted by Crippen LogP contribution is 2.45. The van der Waals surface area contributed by atoms with E-state index in [0.29, 0.717) is 18.0 Å². The minimum absolute atomic E-state index is 0.0372. The molecule has 0 unspecified atom stereocenters. The van der Waals surface area contributed by atoms with Crippen molar-refractivity contribution in [3.8, 4) is 0 Å². The van der Waals surface area contributed by atoms with Gasteiger partial charge in [-0.05, 0) is 36.0 Å². The van der Waals surface area contributed by atoms with Gasteiger partial charge in [-0.1, -0.05) is 38.1 Å². The summed E-state index contributed by atoms with van der Waals surface area (Å²) in [4.78, 5) is 34.6. The fourth-order valence-electron chi connectivity index (χ4n) is 4.45. The van der Waals surface area contributed by atoms with Crippen LogP contribution >= 0.6 is 11.3 Å². The molecule has 0 spiro atoms. The van der Waals surface area contributed by atoms with E-state index in [-0.39, 0.29) is 23.8 Å². The average molecular weight is 412 g/mol. The number of carbonyl (C=O) groups excluding carboxylic acids is 2. The number of likely N-dealkylation sites (N-methyl/N-ethyl adjacent to an activating group) is 1. The second kappa shape index (κ2) is 8.28. The molecule has 1 aromatic carbocycles. The van der Waals surface area contributed by atoms with Crippen LogP contribution < -0.4 is 0 Å². The van der Waals surface area contributed by atoms with Gasteiger partial charge < -0.3 is 14.7 Å². The van der Waals surface area contributed by atoms with Gasteiger partial charge in [-0.25, -0.2) is 0 Å². The van der Waals surface area contributed by atoms with Crippen LogP contribution in [0.3, 0.4) is 0 Å². The smallest absolute Gasteiger partial charge is 0.254 e. The van der Waals surface area contributed by atoms with Crippen LogP contribution in [0.1, 0.15) is 46.6 Å².